The van der Waals surface area contributed by atoms with Gasteiger partial charge in [-0.2, -0.15) is 13.2 Å². The summed E-state index contributed by atoms with van der Waals surface area (Å²) < 4.78 is 49.4. The van der Waals surface area contributed by atoms with E-state index in [0.717, 1.165) is 0 Å². The molecule has 3 rings (SSSR count). The Labute approximate surface area is 203 Å². The van der Waals surface area contributed by atoms with Gasteiger partial charge >= 0.3 is 12.1 Å². The summed E-state index contributed by atoms with van der Waals surface area (Å²) in [7, 11) is 1.41. The lowest BCUT2D eigenvalue weighted by molar-refractivity contribution is -0.136. The van der Waals surface area contributed by atoms with Gasteiger partial charge in [0.2, 0.25) is 0 Å². The van der Waals surface area contributed by atoms with Crippen LogP contribution < -0.4 is 14.8 Å². The standard InChI is InChI=1S/C24H21F3N2O5S/c1-33-20-4-2-15(11-22(30)31)10-21(20)34-19-5-3-18(12-17(19)13-35-14-24(25,26)27)29-23(32)16-6-8-28-9-7-16/h2-10,12H,11,13-14H2,1H3,(H,29,32)(H,30,31). The first-order chi connectivity index (χ1) is 16.6. The lowest BCUT2D eigenvalue weighted by Gasteiger charge is -2.16. The highest BCUT2D eigenvalue weighted by Gasteiger charge is 2.27. The molecule has 0 atom stereocenters. The van der Waals surface area contributed by atoms with E-state index < -0.39 is 23.8 Å². The minimum atomic E-state index is -4.34. The Morgan fingerprint density at radius 1 is 1.03 bits per heavy atom. The van der Waals surface area contributed by atoms with Gasteiger partial charge in [-0.1, -0.05) is 6.07 Å². The Balaban J connectivity index is 1.89. The molecule has 0 saturated carbocycles. The molecule has 7 nitrogen and oxygen atoms in total. The maximum atomic E-state index is 12.7. The molecule has 0 spiro atoms. The van der Waals surface area contributed by atoms with Gasteiger partial charge in [0, 0.05) is 35.0 Å². The quantitative estimate of drug-likeness (QED) is 0.372. The Morgan fingerprint density at radius 3 is 2.40 bits per heavy atom. The molecule has 1 heterocycles. The second-order valence-electron chi connectivity index (χ2n) is 7.28. The summed E-state index contributed by atoms with van der Waals surface area (Å²) in [5.74, 6) is -1.77. The monoisotopic (exact) mass is 506 g/mol. The summed E-state index contributed by atoms with van der Waals surface area (Å²) in [6, 6.07) is 12.3. The topological polar surface area (TPSA) is 97.8 Å². The number of pyridine rings is 1. The number of amides is 1. The van der Waals surface area contributed by atoms with E-state index in [-0.39, 0.29) is 23.7 Å². The summed E-state index contributed by atoms with van der Waals surface area (Å²) in [6.07, 6.45) is -1.64. The Kier molecular flexibility index (Phi) is 8.58. The van der Waals surface area contributed by atoms with Gasteiger partial charge in [-0.15, -0.1) is 11.8 Å². The maximum Gasteiger partial charge on any atom is 0.397 e. The summed E-state index contributed by atoms with van der Waals surface area (Å²) in [6.45, 7) is 0. The SMILES string of the molecule is COc1ccc(CC(=O)O)cc1Oc1ccc(NC(=O)c2ccncc2)cc1CSCC(F)(F)F. The fourth-order valence-electron chi connectivity index (χ4n) is 3.06. The molecule has 35 heavy (non-hydrogen) atoms. The summed E-state index contributed by atoms with van der Waals surface area (Å²) in [4.78, 5) is 27.4. The fourth-order valence-corrected chi connectivity index (χ4v) is 3.84. The molecular formula is C24H21F3N2O5S. The molecule has 184 valence electrons. The minimum absolute atomic E-state index is 0.0507. The molecule has 1 amide bonds. The van der Waals surface area contributed by atoms with Crippen LogP contribution in [-0.2, 0) is 17.0 Å². The van der Waals surface area contributed by atoms with E-state index in [4.69, 9.17) is 14.6 Å². The lowest BCUT2D eigenvalue weighted by atomic mass is 10.1. The molecule has 0 aliphatic heterocycles. The largest absolute Gasteiger partial charge is 0.493 e. The normalized spacial score (nSPS) is 11.1. The average Bonchev–Trinajstić information content (AvgIpc) is 2.80. The summed E-state index contributed by atoms with van der Waals surface area (Å²) >= 11 is 0.649. The number of rotatable bonds is 10. The van der Waals surface area contributed by atoms with Crippen LogP contribution in [0.25, 0.3) is 0 Å². The highest BCUT2D eigenvalue weighted by atomic mass is 32.2. The van der Waals surface area contributed by atoms with Gasteiger partial charge in [-0.3, -0.25) is 14.6 Å². The molecule has 2 N–H and O–H groups in total. The average molecular weight is 507 g/mol. The van der Waals surface area contributed by atoms with E-state index in [1.807, 2.05) is 0 Å². The Morgan fingerprint density at radius 2 is 1.74 bits per heavy atom. The molecule has 0 radical (unpaired) electrons. The number of ether oxygens (including phenoxy) is 2. The number of carbonyl (C=O) groups is 2. The van der Waals surface area contributed by atoms with Crippen LogP contribution in [0.4, 0.5) is 18.9 Å². The van der Waals surface area contributed by atoms with Gasteiger partial charge in [-0.05, 0) is 48.0 Å². The number of carboxylic acid groups (broad SMARTS) is 1. The van der Waals surface area contributed by atoms with Crippen molar-refractivity contribution in [3.05, 3.63) is 77.6 Å². The van der Waals surface area contributed by atoms with Crippen molar-refractivity contribution in [3.8, 4) is 17.2 Å². The van der Waals surface area contributed by atoms with Crippen LogP contribution in [0.15, 0.2) is 60.9 Å². The lowest BCUT2D eigenvalue weighted by Crippen LogP contribution is -2.12. The van der Waals surface area contributed by atoms with Crippen LogP contribution in [0.1, 0.15) is 21.5 Å². The summed E-state index contributed by atoms with van der Waals surface area (Å²) in [5.41, 5.74) is 1.60. The van der Waals surface area contributed by atoms with Gasteiger partial charge in [0.15, 0.2) is 11.5 Å². The van der Waals surface area contributed by atoms with Crippen molar-refractivity contribution in [2.45, 2.75) is 18.3 Å². The fraction of sp³-hybridized carbons (Fsp3) is 0.208. The first kappa shape index (κ1) is 25.9. The van der Waals surface area contributed by atoms with E-state index >= 15 is 0 Å². The number of halogens is 3. The molecule has 1 aromatic heterocycles. The van der Waals surface area contributed by atoms with Crippen LogP contribution >= 0.6 is 11.8 Å². The molecule has 0 aliphatic rings. The van der Waals surface area contributed by atoms with Gasteiger partial charge in [0.1, 0.15) is 5.75 Å². The highest BCUT2D eigenvalue weighted by Crippen LogP contribution is 2.37. The molecule has 0 fully saturated rings. The first-order valence-corrected chi connectivity index (χ1v) is 11.4. The number of anilines is 1. The van der Waals surface area contributed by atoms with Crippen molar-refractivity contribution in [1.82, 2.24) is 4.98 Å². The first-order valence-electron chi connectivity index (χ1n) is 10.2. The van der Waals surface area contributed by atoms with Crippen LogP contribution in [0, 0.1) is 0 Å². The number of aromatic nitrogens is 1. The molecule has 0 bridgehead atoms. The van der Waals surface area contributed by atoms with Gasteiger partial charge in [-0.25, -0.2) is 0 Å². The van der Waals surface area contributed by atoms with Crippen LogP contribution in [0.2, 0.25) is 0 Å². The third-order valence-corrected chi connectivity index (χ3v) is 5.63. The Hall–Kier alpha value is -3.73. The molecule has 2 aromatic carbocycles. The predicted octanol–water partition coefficient (Wildman–Crippen LogP) is 5.56. The minimum Gasteiger partial charge on any atom is -0.493 e. The second kappa shape index (κ2) is 11.6. The van der Waals surface area contributed by atoms with E-state index in [9.17, 15) is 22.8 Å². The van der Waals surface area contributed by atoms with E-state index in [1.54, 1.807) is 18.2 Å². The zero-order valence-corrected chi connectivity index (χ0v) is 19.3. The number of methoxy groups -OCH3 is 1. The second-order valence-corrected chi connectivity index (χ2v) is 8.26. The van der Waals surface area contributed by atoms with Crippen molar-refractivity contribution < 1.29 is 37.3 Å². The number of nitrogens with one attached hydrogen (secondary N) is 1. The number of alkyl halides is 3. The zero-order chi connectivity index (χ0) is 25.4. The number of aliphatic carboxylic acids is 1. The smallest absolute Gasteiger partial charge is 0.397 e. The molecule has 0 aliphatic carbocycles. The van der Waals surface area contributed by atoms with Gasteiger partial charge < -0.3 is 19.9 Å². The number of hydrogen-bond donors (Lipinski definition) is 2. The van der Waals surface area contributed by atoms with Gasteiger partial charge in [0.05, 0.1) is 19.3 Å². The highest BCUT2D eigenvalue weighted by molar-refractivity contribution is 7.98. The number of nitrogens with zero attached hydrogens (tertiary/aromatic N) is 1. The van der Waals surface area contributed by atoms with Crippen LogP contribution in [0.5, 0.6) is 17.2 Å². The van der Waals surface area contributed by atoms with Crippen molar-refractivity contribution in [3.63, 3.8) is 0 Å². The Bertz CT molecular complexity index is 1190. The molecule has 3 aromatic rings. The molecule has 0 saturated heterocycles. The van der Waals surface area contributed by atoms with Crippen molar-refractivity contribution in [2.75, 3.05) is 18.2 Å². The molecule has 11 heteroatoms. The zero-order valence-electron chi connectivity index (χ0n) is 18.5. The van der Waals surface area contributed by atoms with Crippen LogP contribution in [0.3, 0.4) is 0 Å². The number of hydrogen-bond acceptors (Lipinski definition) is 6. The number of carboxylic acids is 1. The van der Waals surface area contributed by atoms with Gasteiger partial charge in [0.25, 0.3) is 5.91 Å². The van der Waals surface area contributed by atoms with Crippen molar-refractivity contribution >= 4 is 29.3 Å². The third-order valence-electron chi connectivity index (χ3n) is 4.59. The van der Waals surface area contributed by atoms with E-state index in [2.05, 4.69) is 10.3 Å². The predicted molar refractivity (Wildman–Crippen MR) is 125 cm³/mol. The number of thioether (sulfide) groups is 1. The summed E-state index contributed by atoms with van der Waals surface area (Å²) in [5, 5.41) is 11.8. The van der Waals surface area contributed by atoms with Crippen molar-refractivity contribution in [1.29, 1.82) is 0 Å². The molecular weight excluding hydrogens is 485 g/mol. The maximum absolute atomic E-state index is 12.7. The number of carbonyl (C=O) groups excluding carboxylic acids is 1. The number of benzene rings is 2. The van der Waals surface area contributed by atoms with E-state index in [1.165, 1.54) is 49.8 Å². The molecule has 0 unspecified atom stereocenters. The third kappa shape index (κ3) is 7.92. The van der Waals surface area contributed by atoms with Crippen LogP contribution in [-0.4, -0.2) is 41.0 Å². The van der Waals surface area contributed by atoms with Crippen molar-refractivity contribution in [2.24, 2.45) is 0 Å². The van der Waals surface area contributed by atoms with E-state index in [0.29, 0.717) is 39.9 Å².